The maximum absolute atomic E-state index is 12.6. The Labute approximate surface area is 180 Å². The van der Waals surface area contributed by atoms with Gasteiger partial charge in [0.1, 0.15) is 5.75 Å². The van der Waals surface area contributed by atoms with Gasteiger partial charge in [0, 0.05) is 29.7 Å². The quantitative estimate of drug-likeness (QED) is 0.738. The summed E-state index contributed by atoms with van der Waals surface area (Å²) in [7, 11) is 1.50. The smallest absolute Gasteiger partial charge is 0.255 e. The van der Waals surface area contributed by atoms with E-state index in [1.807, 2.05) is 6.07 Å². The summed E-state index contributed by atoms with van der Waals surface area (Å²) in [6, 6.07) is 13.6. The highest BCUT2D eigenvalue weighted by Crippen LogP contribution is 2.23. The molecule has 1 saturated heterocycles. The minimum Gasteiger partial charge on any atom is -0.496 e. The minimum absolute atomic E-state index is 0.0511. The molecule has 0 radical (unpaired) electrons. The van der Waals surface area contributed by atoms with Crippen molar-refractivity contribution >= 4 is 29.3 Å². The van der Waals surface area contributed by atoms with Crippen LogP contribution in [0.1, 0.15) is 33.6 Å². The van der Waals surface area contributed by atoms with Crippen LogP contribution in [0.4, 0.5) is 0 Å². The van der Waals surface area contributed by atoms with Crippen molar-refractivity contribution in [3.8, 4) is 5.75 Å². The standard InChI is InChI=1S/C22H24ClN3O4/c1-30-19-8-7-16(23)13-18(19)22(29)25-17-9-11-26(12-10-17)20(27)14-24-21(28)15-5-3-2-4-6-15/h2-8,13,17H,9-12,14H2,1H3,(H,24,28)(H,25,29). The molecule has 0 bridgehead atoms. The Morgan fingerprint density at radius 3 is 2.43 bits per heavy atom. The largest absolute Gasteiger partial charge is 0.496 e. The van der Waals surface area contributed by atoms with E-state index >= 15 is 0 Å². The molecule has 0 aliphatic carbocycles. The lowest BCUT2D eigenvalue weighted by molar-refractivity contribution is -0.131. The first kappa shape index (κ1) is 21.6. The number of halogens is 1. The van der Waals surface area contributed by atoms with Gasteiger partial charge < -0.3 is 20.3 Å². The number of likely N-dealkylation sites (tertiary alicyclic amines) is 1. The van der Waals surface area contributed by atoms with Gasteiger partial charge in [0.25, 0.3) is 11.8 Å². The SMILES string of the molecule is COc1ccc(Cl)cc1C(=O)NC1CCN(C(=O)CNC(=O)c2ccccc2)CC1. The molecule has 1 fully saturated rings. The third kappa shape index (κ3) is 5.51. The molecule has 8 heteroatoms. The van der Waals surface area contributed by atoms with Gasteiger partial charge in [0.2, 0.25) is 5.91 Å². The van der Waals surface area contributed by atoms with Crippen LogP contribution in [0.2, 0.25) is 5.02 Å². The van der Waals surface area contributed by atoms with Crippen molar-refractivity contribution in [3.63, 3.8) is 0 Å². The molecule has 0 spiro atoms. The second-order valence-corrected chi connectivity index (χ2v) is 7.46. The summed E-state index contributed by atoms with van der Waals surface area (Å²) in [5.41, 5.74) is 0.898. The monoisotopic (exact) mass is 429 g/mol. The van der Waals surface area contributed by atoms with Crippen LogP contribution >= 0.6 is 11.6 Å². The molecule has 2 aromatic rings. The second-order valence-electron chi connectivity index (χ2n) is 7.02. The fraction of sp³-hybridized carbons (Fsp3) is 0.318. The number of amides is 3. The maximum Gasteiger partial charge on any atom is 0.255 e. The van der Waals surface area contributed by atoms with Crippen LogP contribution in [0.25, 0.3) is 0 Å². The van der Waals surface area contributed by atoms with E-state index in [1.54, 1.807) is 47.4 Å². The number of ether oxygens (including phenoxy) is 1. The number of carbonyl (C=O) groups is 3. The molecule has 30 heavy (non-hydrogen) atoms. The molecule has 1 aliphatic heterocycles. The number of hydrogen-bond acceptors (Lipinski definition) is 4. The number of rotatable bonds is 6. The summed E-state index contributed by atoms with van der Waals surface area (Å²) in [6.45, 7) is 0.972. The Bertz CT molecular complexity index is 912. The molecule has 1 heterocycles. The molecular weight excluding hydrogens is 406 g/mol. The summed E-state index contributed by atoms with van der Waals surface area (Å²) in [4.78, 5) is 38.8. The Morgan fingerprint density at radius 2 is 1.77 bits per heavy atom. The lowest BCUT2D eigenvalue weighted by Crippen LogP contribution is -2.49. The Balaban J connectivity index is 1.46. The van der Waals surface area contributed by atoms with E-state index in [9.17, 15) is 14.4 Å². The highest BCUT2D eigenvalue weighted by atomic mass is 35.5. The van der Waals surface area contributed by atoms with Gasteiger partial charge in [-0.1, -0.05) is 29.8 Å². The molecule has 0 unspecified atom stereocenters. The molecule has 2 N–H and O–H groups in total. The average molecular weight is 430 g/mol. The van der Waals surface area contributed by atoms with Crippen LogP contribution in [-0.2, 0) is 4.79 Å². The summed E-state index contributed by atoms with van der Waals surface area (Å²) < 4.78 is 5.23. The predicted octanol–water partition coefficient (Wildman–Crippen LogP) is 2.50. The first-order valence-electron chi connectivity index (χ1n) is 9.73. The third-order valence-corrected chi connectivity index (χ3v) is 5.26. The van der Waals surface area contributed by atoms with Crippen molar-refractivity contribution < 1.29 is 19.1 Å². The molecular formula is C22H24ClN3O4. The van der Waals surface area contributed by atoms with Crippen LogP contribution in [0.5, 0.6) is 5.75 Å². The van der Waals surface area contributed by atoms with E-state index in [0.717, 1.165) is 0 Å². The summed E-state index contributed by atoms with van der Waals surface area (Å²) in [5, 5.41) is 6.09. The molecule has 2 aromatic carbocycles. The number of methoxy groups -OCH3 is 1. The summed E-state index contributed by atoms with van der Waals surface area (Å²) in [6.07, 6.45) is 1.26. The van der Waals surface area contributed by atoms with Crippen molar-refractivity contribution in [2.24, 2.45) is 0 Å². The van der Waals surface area contributed by atoms with Crippen LogP contribution in [0.3, 0.4) is 0 Å². The number of piperidine rings is 1. The number of hydrogen-bond donors (Lipinski definition) is 2. The summed E-state index contributed by atoms with van der Waals surface area (Å²) in [5.74, 6) is -0.213. The van der Waals surface area contributed by atoms with Gasteiger partial charge in [-0.2, -0.15) is 0 Å². The van der Waals surface area contributed by atoms with Crippen molar-refractivity contribution in [2.45, 2.75) is 18.9 Å². The van der Waals surface area contributed by atoms with Gasteiger partial charge in [-0.3, -0.25) is 14.4 Å². The second kappa shape index (κ2) is 10.1. The van der Waals surface area contributed by atoms with Crippen molar-refractivity contribution in [1.82, 2.24) is 15.5 Å². The van der Waals surface area contributed by atoms with Gasteiger partial charge in [0.05, 0.1) is 19.2 Å². The normalized spacial score (nSPS) is 14.1. The zero-order chi connectivity index (χ0) is 21.5. The van der Waals surface area contributed by atoms with Crippen LogP contribution < -0.4 is 15.4 Å². The van der Waals surface area contributed by atoms with E-state index < -0.39 is 0 Å². The Hall–Kier alpha value is -3.06. The highest BCUT2D eigenvalue weighted by molar-refractivity contribution is 6.31. The highest BCUT2D eigenvalue weighted by Gasteiger charge is 2.25. The number of nitrogens with zero attached hydrogens (tertiary/aromatic N) is 1. The molecule has 7 nitrogen and oxygen atoms in total. The topological polar surface area (TPSA) is 87.7 Å². The molecule has 1 aliphatic rings. The zero-order valence-corrected chi connectivity index (χ0v) is 17.4. The van der Waals surface area contributed by atoms with Gasteiger partial charge in [-0.05, 0) is 43.2 Å². The van der Waals surface area contributed by atoms with E-state index in [2.05, 4.69) is 10.6 Å². The van der Waals surface area contributed by atoms with E-state index in [-0.39, 0.29) is 30.3 Å². The van der Waals surface area contributed by atoms with Crippen LogP contribution in [-0.4, -0.2) is 55.4 Å². The molecule has 3 rings (SSSR count). The third-order valence-electron chi connectivity index (χ3n) is 5.03. The van der Waals surface area contributed by atoms with E-state index in [1.165, 1.54) is 7.11 Å². The molecule has 0 saturated carbocycles. The summed E-state index contributed by atoms with van der Waals surface area (Å²) >= 11 is 6.00. The predicted molar refractivity (Wildman–Crippen MR) is 114 cm³/mol. The van der Waals surface area contributed by atoms with Gasteiger partial charge in [0.15, 0.2) is 0 Å². The first-order valence-corrected chi connectivity index (χ1v) is 10.1. The molecule has 0 aromatic heterocycles. The molecule has 3 amide bonds. The Morgan fingerprint density at radius 1 is 1.07 bits per heavy atom. The van der Waals surface area contributed by atoms with Gasteiger partial charge in [-0.15, -0.1) is 0 Å². The average Bonchev–Trinajstić information content (AvgIpc) is 2.78. The molecule has 158 valence electrons. The maximum atomic E-state index is 12.6. The zero-order valence-electron chi connectivity index (χ0n) is 16.7. The number of benzene rings is 2. The van der Waals surface area contributed by atoms with Gasteiger partial charge in [-0.25, -0.2) is 0 Å². The van der Waals surface area contributed by atoms with Gasteiger partial charge >= 0.3 is 0 Å². The first-order chi connectivity index (χ1) is 14.5. The van der Waals surface area contributed by atoms with Crippen molar-refractivity contribution in [2.75, 3.05) is 26.7 Å². The Kier molecular flexibility index (Phi) is 7.30. The van der Waals surface area contributed by atoms with E-state index in [0.29, 0.717) is 47.8 Å². The minimum atomic E-state index is -0.276. The van der Waals surface area contributed by atoms with Crippen LogP contribution in [0, 0.1) is 0 Å². The number of carbonyl (C=O) groups excluding carboxylic acids is 3. The van der Waals surface area contributed by atoms with E-state index in [4.69, 9.17) is 16.3 Å². The van der Waals surface area contributed by atoms with Crippen molar-refractivity contribution in [3.05, 3.63) is 64.7 Å². The fourth-order valence-electron chi connectivity index (χ4n) is 3.35. The lowest BCUT2D eigenvalue weighted by atomic mass is 10.0. The van der Waals surface area contributed by atoms with Crippen molar-refractivity contribution in [1.29, 1.82) is 0 Å². The molecule has 0 atom stereocenters. The lowest BCUT2D eigenvalue weighted by Gasteiger charge is -2.32. The fourth-order valence-corrected chi connectivity index (χ4v) is 3.53. The number of nitrogens with one attached hydrogen (secondary N) is 2. The van der Waals surface area contributed by atoms with Crippen LogP contribution in [0.15, 0.2) is 48.5 Å².